The number of aromatic nitrogens is 5. The molecule has 1 aliphatic rings. The van der Waals surface area contributed by atoms with Crippen LogP contribution in [0.5, 0.6) is 5.75 Å². The third kappa shape index (κ3) is 3.67. The Hall–Kier alpha value is -3.40. The quantitative estimate of drug-likeness (QED) is 0.655. The van der Waals surface area contributed by atoms with E-state index in [9.17, 15) is 4.79 Å². The van der Waals surface area contributed by atoms with Crippen molar-refractivity contribution in [3.05, 3.63) is 60.0 Å². The molecule has 4 rings (SSSR count). The Balaban J connectivity index is 1.45. The number of nitrogens with one attached hydrogen (secondary N) is 1. The van der Waals surface area contributed by atoms with Crippen LogP contribution in [0.25, 0.3) is 0 Å². The maximum absolute atomic E-state index is 12.6. The lowest BCUT2D eigenvalue weighted by molar-refractivity contribution is 0.0927. The van der Waals surface area contributed by atoms with Gasteiger partial charge >= 0.3 is 0 Å². The van der Waals surface area contributed by atoms with E-state index in [1.807, 2.05) is 36.4 Å². The van der Waals surface area contributed by atoms with Crippen molar-refractivity contribution in [2.24, 2.45) is 0 Å². The molecule has 1 aliphatic heterocycles. The summed E-state index contributed by atoms with van der Waals surface area (Å²) in [5.41, 5.74) is 1.01. The first-order chi connectivity index (χ1) is 13.6. The molecule has 0 bridgehead atoms. The Bertz CT molecular complexity index is 1010. The van der Waals surface area contributed by atoms with Crippen molar-refractivity contribution in [3.63, 3.8) is 0 Å². The van der Waals surface area contributed by atoms with Crippen LogP contribution in [0.2, 0.25) is 0 Å². The lowest BCUT2D eigenvalue weighted by Gasteiger charge is -2.22. The maximum atomic E-state index is 12.6. The van der Waals surface area contributed by atoms with Gasteiger partial charge in [0.05, 0.1) is 6.54 Å². The Morgan fingerprint density at radius 3 is 2.93 bits per heavy atom. The van der Waals surface area contributed by atoms with E-state index < -0.39 is 11.9 Å². The minimum atomic E-state index is -0.525. The van der Waals surface area contributed by atoms with Gasteiger partial charge in [-0.15, -0.1) is 10.2 Å². The Kier molecular flexibility index (Phi) is 4.94. The van der Waals surface area contributed by atoms with Gasteiger partial charge in [0.25, 0.3) is 11.7 Å². The molecule has 2 aromatic heterocycles. The molecule has 0 fully saturated rings. The molecule has 28 heavy (non-hydrogen) atoms. The number of likely N-dealkylation sites (N-methyl/N-ethyl adjacent to an activating group) is 1. The molecule has 0 spiro atoms. The fourth-order valence-electron chi connectivity index (χ4n) is 2.80. The number of anilines is 1. The second kappa shape index (κ2) is 7.69. The molecule has 1 atom stereocenters. The second-order valence-corrected chi connectivity index (χ2v) is 6.61. The summed E-state index contributed by atoms with van der Waals surface area (Å²) in [5, 5.41) is 14.8. The minimum absolute atomic E-state index is 0.0266. The van der Waals surface area contributed by atoms with Crippen LogP contribution in [0, 0.1) is 0 Å². The number of tetrazole rings is 1. The third-order valence-corrected chi connectivity index (χ3v) is 4.79. The van der Waals surface area contributed by atoms with Crippen LogP contribution in [0.4, 0.5) is 5.82 Å². The average Bonchev–Trinajstić information content (AvgIpc) is 3.15. The fourth-order valence-corrected chi connectivity index (χ4v) is 3.02. The van der Waals surface area contributed by atoms with Crippen molar-refractivity contribution in [1.29, 1.82) is 0 Å². The number of rotatable bonds is 4. The van der Waals surface area contributed by atoms with E-state index in [0.717, 1.165) is 5.56 Å². The summed E-state index contributed by atoms with van der Waals surface area (Å²) in [6, 6.07) is 12.7. The Labute approximate surface area is 166 Å². The summed E-state index contributed by atoms with van der Waals surface area (Å²) in [4.78, 5) is 20.5. The Morgan fingerprint density at radius 2 is 2.11 bits per heavy atom. The van der Waals surface area contributed by atoms with Gasteiger partial charge in [-0.05, 0) is 22.9 Å². The van der Waals surface area contributed by atoms with Gasteiger partial charge in [-0.1, -0.05) is 42.5 Å². The highest BCUT2D eigenvalue weighted by molar-refractivity contribution is 7.80. The zero-order valence-electron chi connectivity index (χ0n) is 15.0. The minimum Gasteiger partial charge on any atom is -0.487 e. The lowest BCUT2D eigenvalue weighted by atomic mass is 10.2. The molecule has 0 unspecified atom stereocenters. The van der Waals surface area contributed by atoms with Gasteiger partial charge in [-0.3, -0.25) is 4.79 Å². The Morgan fingerprint density at radius 1 is 1.29 bits per heavy atom. The molecule has 3 heterocycles. The van der Waals surface area contributed by atoms with E-state index in [2.05, 4.69) is 25.7 Å². The number of ether oxygens (including phenoxy) is 1. The number of benzene rings is 1. The van der Waals surface area contributed by atoms with Crippen LogP contribution in [0.15, 0.2) is 48.7 Å². The van der Waals surface area contributed by atoms with E-state index in [4.69, 9.17) is 17.0 Å². The zero-order valence-corrected chi connectivity index (χ0v) is 15.8. The maximum Gasteiger partial charge on any atom is 0.293 e. The first kappa shape index (κ1) is 18.0. The van der Waals surface area contributed by atoms with Gasteiger partial charge in [0.15, 0.2) is 11.6 Å². The van der Waals surface area contributed by atoms with Gasteiger partial charge in [0, 0.05) is 13.2 Å². The zero-order chi connectivity index (χ0) is 19.5. The van der Waals surface area contributed by atoms with Crippen molar-refractivity contribution < 1.29 is 9.53 Å². The molecule has 1 aromatic carbocycles. The van der Waals surface area contributed by atoms with E-state index in [1.165, 1.54) is 4.80 Å². The summed E-state index contributed by atoms with van der Waals surface area (Å²) < 4.78 is 5.75. The lowest BCUT2D eigenvalue weighted by Crippen LogP contribution is -2.48. The topological polar surface area (TPSA) is 98.1 Å². The van der Waals surface area contributed by atoms with Gasteiger partial charge < -0.3 is 15.0 Å². The first-order valence-corrected chi connectivity index (χ1v) is 9.00. The fraction of sp³-hybridized carbons (Fsp3) is 0.222. The smallest absolute Gasteiger partial charge is 0.293 e. The van der Waals surface area contributed by atoms with E-state index in [1.54, 1.807) is 24.2 Å². The monoisotopic (exact) mass is 395 g/mol. The SMILES string of the molecule is CN1C(=S)[C@@H](NC(=O)c2nnn(Cc3ccccc3)n2)COc2cccnc21. The summed E-state index contributed by atoms with van der Waals surface area (Å²) in [5.74, 6) is 0.719. The number of nitrogens with zero attached hydrogens (tertiary/aromatic N) is 6. The molecule has 142 valence electrons. The first-order valence-electron chi connectivity index (χ1n) is 8.60. The highest BCUT2D eigenvalue weighted by Crippen LogP contribution is 2.27. The molecule has 0 aliphatic carbocycles. The number of carbonyl (C=O) groups excluding carboxylic acids is 1. The van der Waals surface area contributed by atoms with Crippen molar-refractivity contribution in [3.8, 4) is 5.75 Å². The number of pyridine rings is 1. The second-order valence-electron chi connectivity index (χ2n) is 6.19. The van der Waals surface area contributed by atoms with Crippen LogP contribution in [-0.2, 0) is 6.54 Å². The van der Waals surface area contributed by atoms with Crippen molar-refractivity contribution in [2.45, 2.75) is 12.6 Å². The largest absolute Gasteiger partial charge is 0.487 e. The van der Waals surface area contributed by atoms with Gasteiger partial charge in [-0.2, -0.15) is 4.80 Å². The van der Waals surface area contributed by atoms with Crippen molar-refractivity contribution in [2.75, 3.05) is 18.6 Å². The molecule has 1 amide bonds. The molecular formula is C18H17N7O2S. The molecule has 0 saturated carbocycles. The third-order valence-electron chi connectivity index (χ3n) is 4.23. The molecular weight excluding hydrogens is 378 g/mol. The van der Waals surface area contributed by atoms with E-state index in [0.29, 0.717) is 23.1 Å². The number of amides is 1. The average molecular weight is 395 g/mol. The molecule has 9 nitrogen and oxygen atoms in total. The van der Waals surface area contributed by atoms with Crippen LogP contribution < -0.4 is 15.0 Å². The van der Waals surface area contributed by atoms with E-state index in [-0.39, 0.29) is 12.4 Å². The van der Waals surface area contributed by atoms with Crippen LogP contribution in [-0.4, -0.2) is 55.8 Å². The summed E-state index contributed by atoms with van der Waals surface area (Å²) in [6.45, 7) is 0.613. The van der Waals surface area contributed by atoms with E-state index >= 15 is 0 Å². The highest BCUT2D eigenvalue weighted by atomic mass is 32.1. The van der Waals surface area contributed by atoms with Crippen LogP contribution >= 0.6 is 12.2 Å². The predicted octanol–water partition coefficient (Wildman–Crippen LogP) is 1.07. The normalized spacial score (nSPS) is 16.1. The summed E-state index contributed by atoms with van der Waals surface area (Å²) >= 11 is 5.50. The number of hydrogen-bond donors (Lipinski definition) is 1. The van der Waals surface area contributed by atoms with Gasteiger partial charge in [0.1, 0.15) is 17.6 Å². The molecule has 10 heteroatoms. The molecule has 3 aromatic rings. The van der Waals surface area contributed by atoms with Gasteiger partial charge in [-0.25, -0.2) is 4.98 Å². The molecule has 0 saturated heterocycles. The molecule has 1 N–H and O–H groups in total. The van der Waals surface area contributed by atoms with Crippen LogP contribution in [0.1, 0.15) is 16.2 Å². The van der Waals surface area contributed by atoms with Crippen molar-refractivity contribution >= 4 is 28.9 Å². The van der Waals surface area contributed by atoms with Gasteiger partial charge in [0.2, 0.25) is 0 Å². The van der Waals surface area contributed by atoms with Crippen molar-refractivity contribution in [1.82, 2.24) is 30.5 Å². The molecule has 0 radical (unpaired) electrons. The standard InChI is InChI=1S/C18H17N7O2S/c1-24-16-14(8-5-9-19-16)27-11-13(18(24)28)20-17(26)15-21-23-25(22-15)10-12-6-3-2-4-7-12/h2-9,13H,10-11H2,1H3,(H,20,26)/t13-/m0/s1. The number of hydrogen-bond acceptors (Lipinski definition) is 7. The number of carbonyl (C=O) groups is 1. The summed E-state index contributed by atoms with van der Waals surface area (Å²) in [6.07, 6.45) is 1.66. The highest BCUT2D eigenvalue weighted by Gasteiger charge is 2.29. The summed E-state index contributed by atoms with van der Waals surface area (Å²) in [7, 11) is 1.79. The number of fused-ring (bicyclic) bond motifs is 1. The predicted molar refractivity (Wildman–Crippen MR) is 105 cm³/mol. The van der Waals surface area contributed by atoms with Crippen LogP contribution in [0.3, 0.4) is 0 Å². The number of thiocarbonyl (C=S) groups is 1.